The standard InChI is InChI=1S/C46H30N4/c1-3-11-30(12-4-1)42-29-43(31-13-5-2-6-14-31)49-46(48-42)32-19-23-35(24-20-32)50-44-18-10-8-16-37(44)39-28-34(22-26-45(39)50)33-21-25-41-38(27-33)36-15-7-9-17-40(36)47-41/h1-29,47H. The van der Waals surface area contributed by atoms with Gasteiger partial charge in [0.2, 0.25) is 0 Å². The van der Waals surface area contributed by atoms with Crippen LogP contribution in [0.15, 0.2) is 176 Å². The molecule has 4 heteroatoms. The summed E-state index contributed by atoms with van der Waals surface area (Å²) in [4.78, 5) is 13.6. The van der Waals surface area contributed by atoms with E-state index < -0.39 is 0 Å². The minimum Gasteiger partial charge on any atom is -0.355 e. The molecule has 0 aliphatic heterocycles. The van der Waals surface area contributed by atoms with Crippen LogP contribution in [0.4, 0.5) is 0 Å². The fourth-order valence-corrected chi connectivity index (χ4v) is 7.31. The predicted molar refractivity (Wildman–Crippen MR) is 207 cm³/mol. The topological polar surface area (TPSA) is 46.5 Å². The Morgan fingerprint density at radius 1 is 0.360 bits per heavy atom. The first-order valence-corrected chi connectivity index (χ1v) is 16.9. The molecule has 0 spiro atoms. The van der Waals surface area contributed by atoms with Gasteiger partial charge in [-0.25, -0.2) is 9.97 Å². The number of aromatic nitrogens is 4. The molecule has 0 saturated heterocycles. The van der Waals surface area contributed by atoms with Gasteiger partial charge in [-0.1, -0.05) is 109 Å². The number of rotatable bonds is 5. The fourth-order valence-electron chi connectivity index (χ4n) is 7.31. The lowest BCUT2D eigenvalue weighted by Gasteiger charge is -2.11. The first-order chi connectivity index (χ1) is 24.8. The van der Waals surface area contributed by atoms with E-state index in [0.29, 0.717) is 5.82 Å². The molecule has 4 nitrogen and oxygen atoms in total. The quantitative estimate of drug-likeness (QED) is 0.204. The molecule has 0 atom stereocenters. The Labute approximate surface area is 289 Å². The van der Waals surface area contributed by atoms with Crippen molar-refractivity contribution in [2.45, 2.75) is 0 Å². The van der Waals surface area contributed by atoms with Crippen molar-refractivity contribution in [3.8, 4) is 50.7 Å². The van der Waals surface area contributed by atoms with E-state index >= 15 is 0 Å². The molecule has 234 valence electrons. The van der Waals surface area contributed by atoms with Gasteiger partial charge >= 0.3 is 0 Å². The highest BCUT2D eigenvalue weighted by Crippen LogP contribution is 2.37. The van der Waals surface area contributed by atoms with E-state index in [1.54, 1.807) is 0 Å². The van der Waals surface area contributed by atoms with Gasteiger partial charge in [0.1, 0.15) is 0 Å². The lowest BCUT2D eigenvalue weighted by atomic mass is 10.0. The first kappa shape index (κ1) is 28.3. The van der Waals surface area contributed by atoms with E-state index in [0.717, 1.165) is 44.8 Å². The van der Waals surface area contributed by atoms with Crippen molar-refractivity contribution in [3.63, 3.8) is 0 Å². The van der Waals surface area contributed by atoms with Crippen molar-refractivity contribution >= 4 is 43.6 Å². The van der Waals surface area contributed by atoms with Gasteiger partial charge < -0.3 is 9.55 Å². The molecule has 3 heterocycles. The van der Waals surface area contributed by atoms with Gasteiger partial charge in [-0.05, 0) is 77.9 Å². The van der Waals surface area contributed by atoms with E-state index in [2.05, 4.69) is 149 Å². The molecule has 0 fully saturated rings. The minimum absolute atomic E-state index is 0.704. The Hall–Kier alpha value is -6.78. The van der Waals surface area contributed by atoms with Gasteiger partial charge in [0.25, 0.3) is 0 Å². The van der Waals surface area contributed by atoms with Gasteiger partial charge in [0.15, 0.2) is 5.82 Å². The number of benzene rings is 7. The highest BCUT2D eigenvalue weighted by Gasteiger charge is 2.15. The van der Waals surface area contributed by atoms with Gasteiger partial charge in [-0.3, -0.25) is 0 Å². The van der Waals surface area contributed by atoms with Crippen LogP contribution in [0.25, 0.3) is 94.3 Å². The molecule has 7 aromatic carbocycles. The maximum absolute atomic E-state index is 5.04. The summed E-state index contributed by atoms with van der Waals surface area (Å²) in [6.45, 7) is 0. The number of aromatic amines is 1. The zero-order valence-corrected chi connectivity index (χ0v) is 27.1. The van der Waals surface area contributed by atoms with Crippen LogP contribution in [0, 0.1) is 0 Å². The summed E-state index contributed by atoms with van der Waals surface area (Å²) < 4.78 is 2.36. The number of nitrogens with one attached hydrogen (secondary N) is 1. The van der Waals surface area contributed by atoms with Gasteiger partial charge in [0, 0.05) is 55.0 Å². The minimum atomic E-state index is 0.704. The number of hydrogen-bond donors (Lipinski definition) is 1. The number of H-pyrrole nitrogens is 1. The summed E-state index contributed by atoms with van der Waals surface area (Å²) in [5.74, 6) is 0.704. The second-order valence-corrected chi connectivity index (χ2v) is 12.8. The highest BCUT2D eigenvalue weighted by molar-refractivity contribution is 6.12. The molecule has 0 aliphatic carbocycles. The molecule has 1 N–H and O–H groups in total. The van der Waals surface area contributed by atoms with E-state index in [4.69, 9.17) is 9.97 Å². The molecule has 10 rings (SSSR count). The number of hydrogen-bond acceptors (Lipinski definition) is 2. The maximum atomic E-state index is 5.04. The molecule has 0 unspecified atom stereocenters. The second-order valence-electron chi connectivity index (χ2n) is 12.8. The summed E-state index contributed by atoms with van der Waals surface area (Å²) in [7, 11) is 0. The molecule has 50 heavy (non-hydrogen) atoms. The molecule has 0 aliphatic rings. The van der Waals surface area contributed by atoms with Crippen molar-refractivity contribution in [2.75, 3.05) is 0 Å². The summed E-state index contributed by atoms with van der Waals surface area (Å²) in [6, 6.07) is 62.1. The Kier molecular flexibility index (Phi) is 6.46. The fraction of sp³-hybridized carbons (Fsp3) is 0. The van der Waals surface area contributed by atoms with Crippen LogP contribution in [-0.2, 0) is 0 Å². The van der Waals surface area contributed by atoms with Gasteiger partial charge in [0.05, 0.1) is 22.4 Å². The Balaban J connectivity index is 1.07. The van der Waals surface area contributed by atoms with Crippen LogP contribution in [0.2, 0.25) is 0 Å². The SMILES string of the molecule is c1ccc(-c2cc(-c3ccccc3)nc(-c3ccc(-n4c5ccccc5c5cc(-c6ccc7[nH]c8ccccc8c7c6)ccc54)cc3)n2)cc1. The zero-order chi connectivity index (χ0) is 33.0. The van der Waals surface area contributed by atoms with Crippen LogP contribution in [-0.4, -0.2) is 19.5 Å². The average molecular weight is 639 g/mol. The van der Waals surface area contributed by atoms with Crippen LogP contribution < -0.4 is 0 Å². The number of fused-ring (bicyclic) bond motifs is 6. The van der Waals surface area contributed by atoms with Crippen LogP contribution in [0.5, 0.6) is 0 Å². The van der Waals surface area contributed by atoms with E-state index in [-0.39, 0.29) is 0 Å². The monoisotopic (exact) mass is 638 g/mol. The van der Waals surface area contributed by atoms with Gasteiger partial charge in [-0.15, -0.1) is 0 Å². The van der Waals surface area contributed by atoms with Crippen LogP contribution >= 0.6 is 0 Å². The van der Waals surface area contributed by atoms with Crippen molar-refractivity contribution in [2.24, 2.45) is 0 Å². The maximum Gasteiger partial charge on any atom is 0.160 e. The lowest BCUT2D eigenvalue weighted by Crippen LogP contribution is -1.97. The molecule has 0 saturated carbocycles. The van der Waals surface area contributed by atoms with Crippen LogP contribution in [0.1, 0.15) is 0 Å². The van der Waals surface area contributed by atoms with Gasteiger partial charge in [-0.2, -0.15) is 0 Å². The predicted octanol–water partition coefficient (Wildman–Crippen LogP) is 11.9. The molecule has 3 aromatic heterocycles. The van der Waals surface area contributed by atoms with Crippen molar-refractivity contribution in [1.82, 2.24) is 19.5 Å². The van der Waals surface area contributed by atoms with Crippen molar-refractivity contribution < 1.29 is 0 Å². The molecule has 0 bridgehead atoms. The number of nitrogens with zero attached hydrogens (tertiary/aromatic N) is 3. The third-order valence-electron chi connectivity index (χ3n) is 9.76. The second kappa shape index (κ2) is 11.4. The smallest absolute Gasteiger partial charge is 0.160 e. The Morgan fingerprint density at radius 3 is 1.62 bits per heavy atom. The molecular formula is C46H30N4. The summed E-state index contributed by atoms with van der Waals surface area (Å²) >= 11 is 0. The zero-order valence-electron chi connectivity index (χ0n) is 27.1. The van der Waals surface area contributed by atoms with Crippen molar-refractivity contribution in [3.05, 3.63) is 176 Å². The Bertz CT molecular complexity index is 2790. The largest absolute Gasteiger partial charge is 0.355 e. The summed E-state index contributed by atoms with van der Waals surface area (Å²) in [5.41, 5.74) is 13.1. The highest BCUT2D eigenvalue weighted by atomic mass is 15.0. The van der Waals surface area contributed by atoms with Crippen molar-refractivity contribution in [1.29, 1.82) is 0 Å². The molecule has 0 amide bonds. The molecule has 0 radical (unpaired) electrons. The van der Waals surface area contributed by atoms with E-state index in [9.17, 15) is 0 Å². The third kappa shape index (κ3) is 4.69. The molecule has 10 aromatic rings. The lowest BCUT2D eigenvalue weighted by molar-refractivity contribution is 1.16. The van der Waals surface area contributed by atoms with E-state index in [1.165, 1.54) is 43.7 Å². The number of para-hydroxylation sites is 2. The summed E-state index contributed by atoms with van der Waals surface area (Å²) in [6.07, 6.45) is 0. The third-order valence-corrected chi connectivity index (χ3v) is 9.76. The van der Waals surface area contributed by atoms with Crippen LogP contribution in [0.3, 0.4) is 0 Å². The average Bonchev–Trinajstić information content (AvgIpc) is 3.73. The Morgan fingerprint density at radius 2 is 0.900 bits per heavy atom. The normalized spacial score (nSPS) is 11.6. The van der Waals surface area contributed by atoms with E-state index in [1.807, 2.05) is 36.4 Å². The molecular weight excluding hydrogens is 609 g/mol. The first-order valence-electron chi connectivity index (χ1n) is 16.9. The summed E-state index contributed by atoms with van der Waals surface area (Å²) in [5, 5.41) is 4.95.